The number of benzene rings is 1. The highest BCUT2D eigenvalue weighted by molar-refractivity contribution is 8.00. The van der Waals surface area contributed by atoms with E-state index in [-0.39, 0.29) is 16.0 Å². The first kappa shape index (κ1) is 14.1. The molecule has 1 aromatic carbocycles. The first-order valence-corrected chi connectivity index (χ1v) is 6.96. The molecule has 2 rings (SSSR count). The van der Waals surface area contributed by atoms with Crippen molar-refractivity contribution in [3.05, 3.63) is 34.6 Å². The molecular formula is C12H11ClFNO3S. The van der Waals surface area contributed by atoms with Crippen LogP contribution >= 0.6 is 23.4 Å². The molecule has 1 heterocycles. The van der Waals surface area contributed by atoms with E-state index in [0.717, 1.165) is 12.1 Å². The monoisotopic (exact) mass is 303 g/mol. The lowest BCUT2D eigenvalue weighted by Gasteiger charge is -2.25. The third-order valence-electron chi connectivity index (χ3n) is 2.90. The molecular weight excluding hydrogens is 293 g/mol. The number of carbonyl (C=O) groups is 2. The molecule has 1 saturated heterocycles. The summed E-state index contributed by atoms with van der Waals surface area (Å²) in [5, 5.41) is 8.84. The van der Waals surface area contributed by atoms with Crippen molar-refractivity contribution in [2.75, 3.05) is 5.75 Å². The highest BCUT2D eigenvalue weighted by Gasteiger charge is 2.40. The molecule has 0 spiro atoms. The molecule has 2 atom stereocenters. The fourth-order valence-corrected chi connectivity index (χ4v) is 3.36. The Morgan fingerprint density at radius 1 is 1.53 bits per heavy atom. The van der Waals surface area contributed by atoms with Gasteiger partial charge in [0.15, 0.2) is 0 Å². The molecule has 0 aromatic heterocycles. The zero-order valence-corrected chi connectivity index (χ0v) is 11.5. The second-order valence-corrected chi connectivity index (χ2v) is 5.88. The fourth-order valence-electron chi connectivity index (χ4n) is 1.94. The Bertz CT molecular complexity index is 540. The van der Waals surface area contributed by atoms with Gasteiger partial charge in [-0.15, -0.1) is 11.8 Å². The van der Waals surface area contributed by atoms with Gasteiger partial charge in [-0.25, -0.2) is 9.18 Å². The summed E-state index contributed by atoms with van der Waals surface area (Å²) < 4.78 is 13.0. The van der Waals surface area contributed by atoms with Gasteiger partial charge in [0.1, 0.15) is 11.9 Å². The van der Waals surface area contributed by atoms with Gasteiger partial charge in [0, 0.05) is 5.75 Å². The van der Waals surface area contributed by atoms with E-state index >= 15 is 0 Å². The van der Waals surface area contributed by atoms with Crippen LogP contribution in [0.3, 0.4) is 0 Å². The van der Waals surface area contributed by atoms with E-state index in [2.05, 4.69) is 0 Å². The maximum absolute atomic E-state index is 13.0. The number of halogens is 2. The summed E-state index contributed by atoms with van der Waals surface area (Å²) in [4.78, 5) is 24.7. The number of rotatable bonds is 2. The lowest BCUT2D eigenvalue weighted by atomic mass is 10.1. The van der Waals surface area contributed by atoms with Crippen LogP contribution in [0.5, 0.6) is 0 Å². The summed E-state index contributed by atoms with van der Waals surface area (Å²) in [6, 6.07) is 2.56. The first-order chi connectivity index (χ1) is 8.91. The molecule has 102 valence electrons. The molecule has 0 saturated carbocycles. The number of hydrogen-bond donors (Lipinski definition) is 1. The van der Waals surface area contributed by atoms with Gasteiger partial charge in [0.05, 0.1) is 16.0 Å². The Balaban J connectivity index is 2.34. The summed E-state index contributed by atoms with van der Waals surface area (Å²) in [5.74, 6) is -1.75. The van der Waals surface area contributed by atoms with Gasteiger partial charge in [-0.2, -0.15) is 0 Å². The van der Waals surface area contributed by atoms with Crippen molar-refractivity contribution in [1.29, 1.82) is 0 Å². The average Bonchev–Trinajstić information content (AvgIpc) is 2.70. The average molecular weight is 304 g/mol. The van der Waals surface area contributed by atoms with E-state index in [9.17, 15) is 14.0 Å². The topological polar surface area (TPSA) is 57.6 Å². The van der Waals surface area contributed by atoms with Crippen LogP contribution in [0.1, 0.15) is 17.3 Å². The van der Waals surface area contributed by atoms with E-state index in [1.807, 2.05) is 0 Å². The number of nitrogens with zero attached hydrogens (tertiary/aromatic N) is 1. The zero-order chi connectivity index (χ0) is 14.2. The molecule has 2 unspecified atom stereocenters. The van der Waals surface area contributed by atoms with Gasteiger partial charge in [0.25, 0.3) is 5.91 Å². The molecule has 0 aliphatic carbocycles. The molecule has 7 heteroatoms. The van der Waals surface area contributed by atoms with Crippen molar-refractivity contribution < 1.29 is 19.1 Å². The predicted molar refractivity (Wildman–Crippen MR) is 70.9 cm³/mol. The van der Waals surface area contributed by atoms with Crippen molar-refractivity contribution in [3.8, 4) is 0 Å². The molecule has 19 heavy (non-hydrogen) atoms. The number of carbonyl (C=O) groups excluding carboxylic acids is 1. The van der Waals surface area contributed by atoms with Crippen LogP contribution in [0.15, 0.2) is 18.2 Å². The van der Waals surface area contributed by atoms with Crippen molar-refractivity contribution in [2.45, 2.75) is 18.3 Å². The van der Waals surface area contributed by atoms with Gasteiger partial charge in [0.2, 0.25) is 0 Å². The molecule has 0 bridgehead atoms. The normalized spacial score (nSPS) is 22.6. The van der Waals surface area contributed by atoms with Gasteiger partial charge >= 0.3 is 5.97 Å². The lowest BCUT2D eigenvalue weighted by Crippen LogP contribution is -2.44. The van der Waals surface area contributed by atoms with Crippen LogP contribution in [-0.4, -0.2) is 39.1 Å². The summed E-state index contributed by atoms with van der Waals surface area (Å²) >= 11 is 7.22. The Labute approximate surface area is 118 Å². The van der Waals surface area contributed by atoms with Crippen molar-refractivity contribution in [2.24, 2.45) is 0 Å². The van der Waals surface area contributed by atoms with Gasteiger partial charge in [-0.3, -0.25) is 4.79 Å². The van der Waals surface area contributed by atoms with E-state index < -0.39 is 23.7 Å². The Morgan fingerprint density at radius 3 is 2.79 bits per heavy atom. The number of thioether (sulfide) groups is 1. The third kappa shape index (κ3) is 2.69. The standard InChI is InChI=1S/C12H11ClFNO3S/c1-6-15(10(5-19-6)12(17)18)11(16)8-3-2-7(14)4-9(8)13/h2-4,6,10H,5H2,1H3,(H,17,18). The Kier molecular flexibility index (Phi) is 4.01. The van der Waals surface area contributed by atoms with Crippen LogP contribution < -0.4 is 0 Å². The number of amides is 1. The SMILES string of the molecule is CC1SCC(C(=O)O)N1C(=O)c1ccc(F)cc1Cl. The maximum atomic E-state index is 13.0. The quantitative estimate of drug-likeness (QED) is 0.912. The predicted octanol–water partition coefficient (Wildman–Crippen LogP) is 2.47. The zero-order valence-electron chi connectivity index (χ0n) is 9.97. The summed E-state index contributed by atoms with van der Waals surface area (Å²) in [6.07, 6.45) is 0. The maximum Gasteiger partial charge on any atom is 0.327 e. The number of hydrogen-bond acceptors (Lipinski definition) is 3. The minimum absolute atomic E-state index is 0.0155. The van der Waals surface area contributed by atoms with Gasteiger partial charge in [-0.05, 0) is 25.1 Å². The molecule has 4 nitrogen and oxygen atoms in total. The molecule has 1 fully saturated rings. The molecule has 1 amide bonds. The molecule has 1 N–H and O–H groups in total. The van der Waals surface area contributed by atoms with E-state index in [1.54, 1.807) is 6.92 Å². The van der Waals surface area contributed by atoms with Crippen LogP contribution in [0.4, 0.5) is 4.39 Å². The molecule has 1 aromatic rings. The van der Waals surface area contributed by atoms with Crippen molar-refractivity contribution in [3.63, 3.8) is 0 Å². The minimum Gasteiger partial charge on any atom is -0.480 e. The third-order valence-corrected chi connectivity index (χ3v) is 4.43. The molecule has 1 aliphatic rings. The van der Waals surface area contributed by atoms with Gasteiger partial charge < -0.3 is 10.0 Å². The first-order valence-electron chi connectivity index (χ1n) is 5.54. The van der Waals surface area contributed by atoms with Crippen LogP contribution in [0, 0.1) is 5.82 Å². The fraction of sp³-hybridized carbons (Fsp3) is 0.333. The van der Waals surface area contributed by atoms with Gasteiger partial charge in [-0.1, -0.05) is 11.6 Å². The van der Waals surface area contributed by atoms with E-state index in [4.69, 9.17) is 16.7 Å². The number of carboxylic acid groups (broad SMARTS) is 1. The van der Waals surface area contributed by atoms with E-state index in [1.165, 1.54) is 22.7 Å². The highest BCUT2D eigenvalue weighted by Crippen LogP contribution is 2.31. The number of aliphatic carboxylic acids is 1. The lowest BCUT2D eigenvalue weighted by molar-refractivity contribution is -0.141. The summed E-state index contributed by atoms with van der Waals surface area (Å²) in [7, 11) is 0. The largest absolute Gasteiger partial charge is 0.480 e. The Hall–Kier alpha value is -1.27. The molecule has 1 aliphatic heterocycles. The second kappa shape index (κ2) is 5.38. The summed E-state index contributed by atoms with van der Waals surface area (Å²) in [5.41, 5.74) is 0.115. The van der Waals surface area contributed by atoms with Crippen molar-refractivity contribution in [1.82, 2.24) is 4.90 Å². The highest BCUT2D eigenvalue weighted by atomic mass is 35.5. The van der Waals surface area contributed by atoms with E-state index in [0.29, 0.717) is 5.75 Å². The Morgan fingerprint density at radius 2 is 2.21 bits per heavy atom. The molecule has 0 radical (unpaired) electrons. The van der Waals surface area contributed by atoms with Crippen LogP contribution in [0.2, 0.25) is 5.02 Å². The summed E-state index contributed by atoms with van der Waals surface area (Å²) in [6.45, 7) is 1.75. The number of carboxylic acids is 1. The van der Waals surface area contributed by atoms with Crippen LogP contribution in [-0.2, 0) is 4.79 Å². The minimum atomic E-state index is -1.05. The van der Waals surface area contributed by atoms with Crippen LogP contribution in [0.25, 0.3) is 0 Å². The smallest absolute Gasteiger partial charge is 0.327 e. The second-order valence-electron chi connectivity index (χ2n) is 4.12. The van der Waals surface area contributed by atoms with Crippen molar-refractivity contribution >= 4 is 35.2 Å².